The van der Waals surface area contributed by atoms with Crippen LogP contribution >= 0.6 is 0 Å². The van der Waals surface area contributed by atoms with Crippen LogP contribution in [0.1, 0.15) is 38.3 Å². The Kier molecular flexibility index (Phi) is 6.98. The molecule has 0 saturated heterocycles. The van der Waals surface area contributed by atoms with Gasteiger partial charge in [-0.25, -0.2) is 0 Å². The van der Waals surface area contributed by atoms with Gasteiger partial charge in [-0.3, -0.25) is 0 Å². The van der Waals surface area contributed by atoms with E-state index in [-0.39, 0.29) is 0 Å². The van der Waals surface area contributed by atoms with Gasteiger partial charge in [-0.1, -0.05) is 30.3 Å². The van der Waals surface area contributed by atoms with Gasteiger partial charge in [-0.05, 0) is 43.0 Å². The van der Waals surface area contributed by atoms with Gasteiger partial charge in [0.25, 0.3) is 0 Å². The van der Waals surface area contributed by atoms with E-state index in [0.29, 0.717) is 6.61 Å². The fourth-order valence-corrected chi connectivity index (χ4v) is 1.70. The second-order valence-corrected chi connectivity index (χ2v) is 4.57. The maximum absolute atomic E-state index is 5.50. The van der Waals surface area contributed by atoms with Gasteiger partial charge in [0, 0.05) is 20.1 Å². The smallest absolute Gasteiger partial charge is 0.0895 e. The summed E-state index contributed by atoms with van der Waals surface area (Å²) < 4.78 is 10.5. The van der Waals surface area contributed by atoms with Gasteiger partial charge >= 0.3 is 0 Å². The molecule has 1 aromatic carbocycles. The van der Waals surface area contributed by atoms with Crippen LogP contribution in [0.4, 0.5) is 0 Å². The highest BCUT2D eigenvalue weighted by atomic mass is 16.5. The zero-order chi connectivity index (χ0) is 14.1. The molecule has 0 heterocycles. The van der Waals surface area contributed by atoms with Crippen molar-refractivity contribution in [2.24, 2.45) is 0 Å². The molecule has 0 spiro atoms. The molecule has 19 heavy (non-hydrogen) atoms. The van der Waals surface area contributed by atoms with Crippen LogP contribution in [0.5, 0.6) is 0 Å². The molecule has 0 fully saturated rings. The molecule has 2 heteroatoms. The van der Waals surface area contributed by atoms with Crippen molar-refractivity contribution in [2.75, 3.05) is 20.3 Å². The summed E-state index contributed by atoms with van der Waals surface area (Å²) in [6, 6.07) is 8.55. The molecule has 104 valence electrons. The van der Waals surface area contributed by atoms with Crippen molar-refractivity contribution >= 4 is 11.1 Å². The minimum Gasteiger partial charge on any atom is -0.501 e. The average molecular weight is 260 g/mol. The molecular weight excluding hydrogens is 236 g/mol. The van der Waals surface area contributed by atoms with Crippen molar-refractivity contribution < 1.29 is 9.47 Å². The Morgan fingerprint density at radius 1 is 1.00 bits per heavy atom. The number of hydrogen-bond acceptors (Lipinski definition) is 2. The number of ether oxygens (including phenoxy) is 2. The highest BCUT2D eigenvalue weighted by molar-refractivity contribution is 5.68. The minimum atomic E-state index is 0.695. The van der Waals surface area contributed by atoms with Crippen molar-refractivity contribution in [3.8, 4) is 0 Å². The molecular formula is C17H24O2. The van der Waals surface area contributed by atoms with E-state index in [1.807, 2.05) is 6.26 Å². The quantitative estimate of drug-likeness (QED) is 0.530. The molecule has 0 aliphatic carbocycles. The number of benzene rings is 1. The third kappa shape index (κ3) is 5.31. The van der Waals surface area contributed by atoms with E-state index >= 15 is 0 Å². The van der Waals surface area contributed by atoms with E-state index in [1.54, 1.807) is 7.11 Å². The molecule has 0 aromatic heterocycles. The summed E-state index contributed by atoms with van der Waals surface area (Å²) in [5.41, 5.74) is 4.89. The van der Waals surface area contributed by atoms with E-state index in [2.05, 4.69) is 51.1 Å². The number of allylic oxidation sites excluding steroid dienone is 3. The van der Waals surface area contributed by atoms with Crippen LogP contribution in [-0.4, -0.2) is 20.3 Å². The maximum atomic E-state index is 5.50. The predicted molar refractivity (Wildman–Crippen MR) is 81.9 cm³/mol. The number of methoxy groups -OCH3 is 1. The Labute approximate surface area is 116 Å². The summed E-state index contributed by atoms with van der Waals surface area (Å²) in [5, 5.41) is 0. The van der Waals surface area contributed by atoms with E-state index in [9.17, 15) is 0 Å². The highest BCUT2D eigenvalue weighted by Gasteiger charge is 1.98. The van der Waals surface area contributed by atoms with E-state index in [1.165, 1.54) is 16.7 Å². The van der Waals surface area contributed by atoms with Crippen molar-refractivity contribution in [3.63, 3.8) is 0 Å². The Balaban J connectivity index is 2.57. The van der Waals surface area contributed by atoms with Crippen LogP contribution in [0.15, 0.2) is 36.6 Å². The molecule has 0 N–H and O–H groups in total. The molecule has 0 unspecified atom stereocenters. The Hall–Kier alpha value is -1.54. The molecule has 2 nitrogen and oxygen atoms in total. The minimum absolute atomic E-state index is 0.695. The summed E-state index contributed by atoms with van der Waals surface area (Å²) >= 11 is 0. The average Bonchev–Trinajstić information content (AvgIpc) is 2.46. The zero-order valence-corrected chi connectivity index (χ0v) is 12.4. The van der Waals surface area contributed by atoms with E-state index in [0.717, 1.165) is 18.6 Å². The zero-order valence-electron chi connectivity index (χ0n) is 12.4. The molecule has 1 aromatic rings. The van der Waals surface area contributed by atoms with Crippen molar-refractivity contribution in [2.45, 2.75) is 27.2 Å². The second kappa shape index (κ2) is 8.54. The first-order valence-corrected chi connectivity index (χ1v) is 6.70. The van der Waals surface area contributed by atoms with Crippen LogP contribution in [0, 0.1) is 0 Å². The van der Waals surface area contributed by atoms with Crippen molar-refractivity contribution in [1.82, 2.24) is 0 Å². The monoisotopic (exact) mass is 260 g/mol. The van der Waals surface area contributed by atoms with Crippen LogP contribution < -0.4 is 0 Å². The lowest BCUT2D eigenvalue weighted by Gasteiger charge is -2.06. The SMILES string of the molecule is C/C=C(\C)c1ccc(/C(C)=C/OCCCOC)cc1. The molecule has 0 bridgehead atoms. The largest absolute Gasteiger partial charge is 0.501 e. The first-order valence-electron chi connectivity index (χ1n) is 6.70. The standard InChI is InChI=1S/C17H24O2/c1-5-14(2)16-7-9-17(10-8-16)15(3)13-19-12-6-11-18-4/h5,7-10,13H,6,11-12H2,1-4H3/b14-5+,15-13+. The summed E-state index contributed by atoms with van der Waals surface area (Å²) in [5.74, 6) is 0. The second-order valence-electron chi connectivity index (χ2n) is 4.57. The van der Waals surface area contributed by atoms with Crippen molar-refractivity contribution in [3.05, 3.63) is 47.7 Å². The first-order chi connectivity index (χ1) is 9.19. The number of rotatable bonds is 7. The molecule has 0 amide bonds. The maximum Gasteiger partial charge on any atom is 0.0895 e. The Morgan fingerprint density at radius 3 is 2.11 bits per heavy atom. The van der Waals surface area contributed by atoms with Gasteiger partial charge in [0.05, 0.1) is 12.9 Å². The first kappa shape index (κ1) is 15.5. The predicted octanol–water partition coefficient (Wildman–Crippen LogP) is 4.52. The van der Waals surface area contributed by atoms with E-state index < -0.39 is 0 Å². The normalized spacial score (nSPS) is 12.6. The van der Waals surface area contributed by atoms with Crippen LogP contribution in [-0.2, 0) is 9.47 Å². The van der Waals surface area contributed by atoms with Gasteiger partial charge < -0.3 is 9.47 Å². The van der Waals surface area contributed by atoms with Gasteiger partial charge in [0.15, 0.2) is 0 Å². The molecule has 0 aliphatic rings. The summed E-state index contributed by atoms with van der Waals surface area (Å²) in [4.78, 5) is 0. The van der Waals surface area contributed by atoms with Gasteiger partial charge in [0.1, 0.15) is 0 Å². The lowest BCUT2D eigenvalue weighted by atomic mass is 10.0. The summed E-state index contributed by atoms with van der Waals surface area (Å²) in [6.07, 6.45) is 4.86. The fourth-order valence-electron chi connectivity index (χ4n) is 1.70. The van der Waals surface area contributed by atoms with Crippen molar-refractivity contribution in [1.29, 1.82) is 0 Å². The van der Waals surface area contributed by atoms with Gasteiger partial charge in [-0.15, -0.1) is 0 Å². The molecule has 0 atom stereocenters. The number of hydrogen-bond donors (Lipinski definition) is 0. The van der Waals surface area contributed by atoms with Crippen LogP contribution in [0.3, 0.4) is 0 Å². The highest BCUT2D eigenvalue weighted by Crippen LogP contribution is 2.18. The lowest BCUT2D eigenvalue weighted by Crippen LogP contribution is -1.95. The van der Waals surface area contributed by atoms with E-state index in [4.69, 9.17) is 9.47 Å². The molecule has 1 rings (SSSR count). The molecule has 0 radical (unpaired) electrons. The lowest BCUT2D eigenvalue weighted by molar-refractivity contribution is 0.157. The molecule has 0 saturated carbocycles. The summed E-state index contributed by atoms with van der Waals surface area (Å²) in [6.45, 7) is 7.68. The topological polar surface area (TPSA) is 18.5 Å². The molecule has 0 aliphatic heterocycles. The third-order valence-electron chi connectivity index (χ3n) is 3.10. The Morgan fingerprint density at radius 2 is 1.58 bits per heavy atom. The van der Waals surface area contributed by atoms with Crippen LogP contribution in [0.25, 0.3) is 11.1 Å². The fraction of sp³-hybridized carbons (Fsp3) is 0.412. The third-order valence-corrected chi connectivity index (χ3v) is 3.10. The summed E-state index contributed by atoms with van der Waals surface area (Å²) in [7, 11) is 1.70. The van der Waals surface area contributed by atoms with Gasteiger partial charge in [-0.2, -0.15) is 0 Å². The Bertz CT molecular complexity index is 427. The van der Waals surface area contributed by atoms with Crippen LogP contribution in [0.2, 0.25) is 0 Å². The van der Waals surface area contributed by atoms with Gasteiger partial charge in [0.2, 0.25) is 0 Å².